The van der Waals surface area contributed by atoms with Gasteiger partial charge >= 0.3 is 11.9 Å². The standard InChI is InChI=1S/C10H11NO3S/c1-6(12)14-10(13)8-5-15-9-4-11-3-2-7(8)9/h5,11H,2-4H2,1H3. The van der Waals surface area contributed by atoms with Crippen molar-refractivity contribution >= 4 is 23.3 Å². The number of nitrogens with one attached hydrogen (secondary N) is 1. The molecule has 0 aliphatic carbocycles. The number of rotatable bonds is 1. The summed E-state index contributed by atoms with van der Waals surface area (Å²) in [4.78, 5) is 23.4. The molecular weight excluding hydrogens is 214 g/mol. The third kappa shape index (κ3) is 2.08. The number of carbonyl (C=O) groups is 2. The summed E-state index contributed by atoms with van der Waals surface area (Å²) in [7, 11) is 0. The maximum atomic E-state index is 11.5. The lowest BCUT2D eigenvalue weighted by atomic mass is 10.1. The fraction of sp³-hybridized carbons (Fsp3) is 0.400. The van der Waals surface area contributed by atoms with Gasteiger partial charge in [0.1, 0.15) is 0 Å². The van der Waals surface area contributed by atoms with Crippen molar-refractivity contribution in [3.8, 4) is 0 Å². The van der Waals surface area contributed by atoms with Crippen LogP contribution in [0.2, 0.25) is 0 Å². The van der Waals surface area contributed by atoms with Crippen LogP contribution in [-0.2, 0) is 22.5 Å². The molecule has 1 aromatic heterocycles. The van der Waals surface area contributed by atoms with Crippen molar-refractivity contribution in [3.63, 3.8) is 0 Å². The molecule has 1 N–H and O–H groups in total. The molecule has 0 amide bonds. The summed E-state index contributed by atoms with van der Waals surface area (Å²) in [5.41, 5.74) is 1.58. The summed E-state index contributed by atoms with van der Waals surface area (Å²) in [5, 5.41) is 4.99. The Morgan fingerprint density at radius 1 is 1.53 bits per heavy atom. The highest BCUT2D eigenvalue weighted by molar-refractivity contribution is 7.10. The molecule has 0 aromatic carbocycles. The topological polar surface area (TPSA) is 55.4 Å². The quantitative estimate of drug-likeness (QED) is 0.574. The summed E-state index contributed by atoms with van der Waals surface area (Å²) in [6.07, 6.45) is 0.821. The van der Waals surface area contributed by atoms with Gasteiger partial charge in [0.15, 0.2) is 0 Å². The van der Waals surface area contributed by atoms with Gasteiger partial charge in [-0.25, -0.2) is 4.79 Å². The van der Waals surface area contributed by atoms with E-state index in [-0.39, 0.29) is 0 Å². The van der Waals surface area contributed by atoms with Crippen LogP contribution >= 0.6 is 11.3 Å². The number of ether oxygens (including phenoxy) is 1. The van der Waals surface area contributed by atoms with Crippen LogP contribution in [-0.4, -0.2) is 18.5 Å². The second kappa shape index (κ2) is 4.12. The minimum atomic E-state index is -0.561. The van der Waals surface area contributed by atoms with Crippen LogP contribution in [0.3, 0.4) is 0 Å². The summed E-state index contributed by atoms with van der Waals surface area (Å²) < 4.78 is 4.57. The molecule has 80 valence electrons. The van der Waals surface area contributed by atoms with Crippen molar-refractivity contribution in [3.05, 3.63) is 21.4 Å². The Morgan fingerprint density at radius 3 is 3.07 bits per heavy atom. The summed E-state index contributed by atoms with van der Waals surface area (Å²) in [6.45, 7) is 2.90. The second-order valence-corrected chi connectivity index (χ2v) is 4.32. The van der Waals surface area contributed by atoms with Crippen LogP contribution in [0, 0.1) is 0 Å². The molecule has 5 heteroatoms. The largest absolute Gasteiger partial charge is 0.390 e. The predicted octanol–water partition coefficient (Wildman–Crippen LogP) is 1.10. The molecule has 2 heterocycles. The monoisotopic (exact) mass is 225 g/mol. The first-order chi connectivity index (χ1) is 7.18. The highest BCUT2D eigenvalue weighted by atomic mass is 32.1. The third-order valence-electron chi connectivity index (χ3n) is 2.27. The lowest BCUT2D eigenvalue weighted by Gasteiger charge is -2.13. The maximum absolute atomic E-state index is 11.5. The molecule has 1 aliphatic rings. The van der Waals surface area contributed by atoms with E-state index < -0.39 is 11.9 Å². The first kappa shape index (κ1) is 10.3. The first-order valence-electron chi connectivity index (χ1n) is 4.71. The van der Waals surface area contributed by atoms with E-state index in [9.17, 15) is 9.59 Å². The SMILES string of the molecule is CC(=O)OC(=O)c1csc2c1CCNC2. The zero-order valence-corrected chi connectivity index (χ0v) is 9.15. The van der Waals surface area contributed by atoms with Gasteiger partial charge in [0, 0.05) is 23.7 Å². The van der Waals surface area contributed by atoms with Gasteiger partial charge in [-0.1, -0.05) is 0 Å². The maximum Gasteiger partial charge on any atom is 0.346 e. The van der Waals surface area contributed by atoms with E-state index in [4.69, 9.17) is 0 Å². The summed E-state index contributed by atoms with van der Waals surface area (Å²) in [5.74, 6) is -1.09. The molecular formula is C10H11NO3S. The smallest absolute Gasteiger partial charge is 0.346 e. The average Bonchev–Trinajstić information content (AvgIpc) is 2.59. The van der Waals surface area contributed by atoms with Crippen molar-refractivity contribution in [1.29, 1.82) is 0 Å². The van der Waals surface area contributed by atoms with Gasteiger partial charge in [-0.05, 0) is 18.5 Å². The lowest BCUT2D eigenvalue weighted by molar-refractivity contribution is -0.135. The fourth-order valence-electron chi connectivity index (χ4n) is 1.62. The molecule has 0 bridgehead atoms. The fourth-order valence-corrected chi connectivity index (χ4v) is 2.66. The van der Waals surface area contributed by atoms with E-state index in [0.717, 1.165) is 30.0 Å². The molecule has 0 saturated carbocycles. The first-order valence-corrected chi connectivity index (χ1v) is 5.59. The molecule has 0 saturated heterocycles. The third-order valence-corrected chi connectivity index (χ3v) is 3.30. The van der Waals surface area contributed by atoms with Gasteiger partial charge in [-0.15, -0.1) is 11.3 Å². The van der Waals surface area contributed by atoms with Crippen LogP contribution in [0.25, 0.3) is 0 Å². The van der Waals surface area contributed by atoms with E-state index in [0.29, 0.717) is 5.56 Å². The number of esters is 2. The van der Waals surface area contributed by atoms with Crippen LogP contribution in [0.15, 0.2) is 5.38 Å². The molecule has 4 nitrogen and oxygen atoms in total. The van der Waals surface area contributed by atoms with Gasteiger partial charge in [-0.2, -0.15) is 0 Å². The number of fused-ring (bicyclic) bond motifs is 1. The van der Waals surface area contributed by atoms with E-state index >= 15 is 0 Å². The Kier molecular flexibility index (Phi) is 2.83. The molecule has 0 fully saturated rings. The Hall–Kier alpha value is -1.20. The Bertz CT molecular complexity index is 411. The molecule has 0 spiro atoms. The van der Waals surface area contributed by atoms with Crippen molar-refractivity contribution in [2.24, 2.45) is 0 Å². The van der Waals surface area contributed by atoms with Crippen LogP contribution < -0.4 is 5.32 Å². The number of hydrogen-bond acceptors (Lipinski definition) is 5. The van der Waals surface area contributed by atoms with Crippen molar-refractivity contribution in [2.75, 3.05) is 6.54 Å². The van der Waals surface area contributed by atoms with Crippen molar-refractivity contribution in [2.45, 2.75) is 19.9 Å². The van der Waals surface area contributed by atoms with Crippen molar-refractivity contribution in [1.82, 2.24) is 5.32 Å². The van der Waals surface area contributed by atoms with Gasteiger partial charge in [0.2, 0.25) is 0 Å². The summed E-state index contributed by atoms with van der Waals surface area (Å²) in [6, 6.07) is 0. The predicted molar refractivity (Wildman–Crippen MR) is 55.8 cm³/mol. The highest BCUT2D eigenvalue weighted by Crippen LogP contribution is 2.26. The van der Waals surface area contributed by atoms with Crippen LogP contribution in [0.1, 0.15) is 27.7 Å². The number of thiophene rings is 1. The summed E-state index contributed by atoms with van der Waals surface area (Å²) >= 11 is 1.53. The molecule has 0 unspecified atom stereocenters. The molecule has 1 aromatic rings. The van der Waals surface area contributed by atoms with Crippen LogP contribution in [0.5, 0.6) is 0 Å². The minimum Gasteiger partial charge on any atom is -0.390 e. The van der Waals surface area contributed by atoms with Gasteiger partial charge < -0.3 is 10.1 Å². The Morgan fingerprint density at radius 2 is 2.33 bits per heavy atom. The van der Waals surface area contributed by atoms with E-state index in [1.807, 2.05) is 0 Å². The van der Waals surface area contributed by atoms with E-state index in [2.05, 4.69) is 10.1 Å². The van der Waals surface area contributed by atoms with Gasteiger partial charge in [-0.3, -0.25) is 4.79 Å². The van der Waals surface area contributed by atoms with E-state index in [1.54, 1.807) is 5.38 Å². The van der Waals surface area contributed by atoms with Gasteiger partial charge in [0.05, 0.1) is 5.56 Å². The molecule has 15 heavy (non-hydrogen) atoms. The zero-order chi connectivity index (χ0) is 10.8. The van der Waals surface area contributed by atoms with Crippen molar-refractivity contribution < 1.29 is 14.3 Å². The van der Waals surface area contributed by atoms with E-state index in [1.165, 1.54) is 18.3 Å². The number of carbonyl (C=O) groups excluding carboxylic acids is 2. The lowest BCUT2D eigenvalue weighted by Crippen LogP contribution is -2.23. The molecule has 1 aliphatic heterocycles. The average molecular weight is 225 g/mol. The highest BCUT2D eigenvalue weighted by Gasteiger charge is 2.21. The zero-order valence-electron chi connectivity index (χ0n) is 8.33. The normalized spacial score (nSPS) is 14.5. The Labute approximate surface area is 91.2 Å². The Balaban J connectivity index is 2.25. The molecule has 2 rings (SSSR count). The number of hydrogen-bond donors (Lipinski definition) is 1. The second-order valence-electron chi connectivity index (χ2n) is 3.36. The van der Waals surface area contributed by atoms with Gasteiger partial charge in [0.25, 0.3) is 0 Å². The van der Waals surface area contributed by atoms with Crippen LogP contribution in [0.4, 0.5) is 0 Å². The molecule has 0 atom stereocenters. The minimum absolute atomic E-state index is 0.526. The molecule has 0 radical (unpaired) electrons.